The third-order valence-electron chi connectivity index (χ3n) is 6.54. The number of carbonyl (C=O) groups is 4. The van der Waals surface area contributed by atoms with Crippen LogP contribution in [0.15, 0.2) is 54.6 Å². The number of anilines is 1. The van der Waals surface area contributed by atoms with E-state index in [1.807, 2.05) is 37.3 Å². The number of nitrogens with one attached hydrogen (secondary N) is 1. The van der Waals surface area contributed by atoms with Gasteiger partial charge in [-0.2, -0.15) is 0 Å². The average Bonchev–Trinajstić information content (AvgIpc) is 3.07. The lowest BCUT2D eigenvalue weighted by Crippen LogP contribution is -2.31. The molecule has 2 aromatic rings. The minimum atomic E-state index is -0.690. The van der Waals surface area contributed by atoms with Crippen LogP contribution in [-0.2, 0) is 19.1 Å². The molecule has 1 heterocycles. The molecule has 0 bridgehead atoms. The van der Waals surface area contributed by atoms with Crippen molar-refractivity contribution in [3.05, 3.63) is 65.7 Å². The van der Waals surface area contributed by atoms with Gasteiger partial charge in [0.1, 0.15) is 0 Å². The predicted octanol–water partition coefficient (Wildman–Crippen LogP) is 3.65. The summed E-state index contributed by atoms with van der Waals surface area (Å²) < 4.78 is 5.17. The fourth-order valence-electron chi connectivity index (χ4n) is 4.74. The lowest BCUT2D eigenvalue weighted by molar-refractivity contribution is -0.125. The Morgan fingerprint density at radius 2 is 1.76 bits per heavy atom. The molecule has 2 aliphatic rings. The summed E-state index contributed by atoms with van der Waals surface area (Å²) in [6.07, 6.45) is 2.36. The summed E-state index contributed by atoms with van der Waals surface area (Å²) in [7, 11) is 0. The highest BCUT2D eigenvalue weighted by molar-refractivity contribution is 6.22. The van der Waals surface area contributed by atoms with Crippen LogP contribution in [0, 0.1) is 17.8 Å². The Bertz CT molecular complexity index is 1070. The van der Waals surface area contributed by atoms with Crippen molar-refractivity contribution in [3.8, 4) is 0 Å². The number of amides is 3. The Balaban J connectivity index is 1.38. The molecular formula is C26H28N2O5. The molecule has 1 aliphatic heterocycles. The van der Waals surface area contributed by atoms with Gasteiger partial charge in [-0.25, -0.2) is 4.79 Å². The predicted molar refractivity (Wildman–Crippen MR) is 122 cm³/mol. The van der Waals surface area contributed by atoms with E-state index in [4.69, 9.17) is 4.74 Å². The van der Waals surface area contributed by atoms with Gasteiger partial charge in [-0.1, -0.05) is 43.3 Å². The van der Waals surface area contributed by atoms with Crippen molar-refractivity contribution in [2.24, 2.45) is 17.8 Å². The molecule has 1 N–H and O–H groups in total. The van der Waals surface area contributed by atoms with Crippen LogP contribution in [0.25, 0.3) is 0 Å². The number of nitrogens with zero attached hydrogens (tertiary/aromatic N) is 1. The summed E-state index contributed by atoms with van der Waals surface area (Å²) in [6.45, 7) is 3.52. The molecule has 7 heteroatoms. The molecule has 4 rings (SSSR count). The summed E-state index contributed by atoms with van der Waals surface area (Å²) in [5, 5.41) is 2.79. The maximum absolute atomic E-state index is 12.9. The summed E-state index contributed by atoms with van der Waals surface area (Å²) in [4.78, 5) is 51.8. The van der Waals surface area contributed by atoms with E-state index in [9.17, 15) is 19.2 Å². The number of rotatable bonds is 6. The highest BCUT2D eigenvalue weighted by Gasteiger charge is 2.50. The fraction of sp³-hybridized carbons (Fsp3) is 0.385. The molecule has 0 unspecified atom stereocenters. The van der Waals surface area contributed by atoms with Crippen LogP contribution >= 0.6 is 0 Å². The molecule has 172 valence electrons. The van der Waals surface area contributed by atoms with E-state index >= 15 is 0 Å². The van der Waals surface area contributed by atoms with Crippen molar-refractivity contribution < 1.29 is 23.9 Å². The number of imide groups is 1. The van der Waals surface area contributed by atoms with Crippen molar-refractivity contribution in [2.45, 2.75) is 39.2 Å². The number of carbonyl (C=O) groups excluding carboxylic acids is 4. The first-order valence-electron chi connectivity index (χ1n) is 11.3. The standard InChI is InChI=1S/C26H28N2O5/c1-16-11-12-21-22(13-16)25(31)28(24(21)30)20-10-6-9-19(14-20)26(32)33-15-23(29)27-17(2)18-7-4-3-5-8-18/h3-10,14,16-17,21-22H,11-13,15H2,1-2H3,(H,27,29)/t16-,17-,21+,22-/m1/s1. The molecule has 1 aliphatic carbocycles. The van der Waals surface area contributed by atoms with Gasteiger partial charge < -0.3 is 10.1 Å². The van der Waals surface area contributed by atoms with Gasteiger partial charge in [0.2, 0.25) is 11.8 Å². The number of esters is 1. The number of fused-ring (bicyclic) bond motifs is 1. The van der Waals surface area contributed by atoms with Gasteiger partial charge in [-0.3, -0.25) is 19.3 Å². The zero-order valence-corrected chi connectivity index (χ0v) is 18.8. The Hall–Kier alpha value is -3.48. The van der Waals surface area contributed by atoms with E-state index < -0.39 is 18.5 Å². The minimum absolute atomic E-state index is 0.181. The second-order valence-electron chi connectivity index (χ2n) is 8.97. The maximum Gasteiger partial charge on any atom is 0.338 e. The molecule has 0 radical (unpaired) electrons. The minimum Gasteiger partial charge on any atom is -0.452 e. The first-order valence-corrected chi connectivity index (χ1v) is 11.3. The third kappa shape index (κ3) is 4.82. The summed E-state index contributed by atoms with van der Waals surface area (Å²) >= 11 is 0. The number of ether oxygens (including phenoxy) is 1. The molecule has 3 amide bonds. The Kier molecular flexibility index (Phi) is 6.58. The molecule has 0 aromatic heterocycles. The van der Waals surface area contributed by atoms with Gasteiger partial charge in [0.25, 0.3) is 5.91 Å². The zero-order valence-electron chi connectivity index (χ0n) is 18.8. The van der Waals surface area contributed by atoms with Gasteiger partial charge in [0, 0.05) is 0 Å². The van der Waals surface area contributed by atoms with E-state index in [-0.39, 0.29) is 35.3 Å². The monoisotopic (exact) mass is 448 g/mol. The fourth-order valence-corrected chi connectivity index (χ4v) is 4.74. The van der Waals surface area contributed by atoms with Gasteiger partial charge in [-0.15, -0.1) is 0 Å². The van der Waals surface area contributed by atoms with Crippen molar-refractivity contribution >= 4 is 29.4 Å². The van der Waals surface area contributed by atoms with Crippen LogP contribution in [0.4, 0.5) is 5.69 Å². The average molecular weight is 449 g/mol. The quantitative estimate of drug-likeness (QED) is 0.538. The smallest absolute Gasteiger partial charge is 0.338 e. The molecule has 4 atom stereocenters. The van der Waals surface area contributed by atoms with E-state index in [0.717, 1.165) is 12.0 Å². The van der Waals surface area contributed by atoms with Crippen molar-refractivity contribution in [2.75, 3.05) is 11.5 Å². The summed E-state index contributed by atoms with van der Waals surface area (Å²) in [5.74, 6) is -1.65. The van der Waals surface area contributed by atoms with Crippen LogP contribution in [0.1, 0.15) is 55.1 Å². The molecule has 7 nitrogen and oxygen atoms in total. The maximum atomic E-state index is 12.9. The normalized spacial score (nSPS) is 23.1. The SMILES string of the molecule is C[C@@H]1CC[C@@H]2C(=O)N(c3cccc(C(=O)OCC(=O)N[C@H](C)c4ccccc4)c3)C(=O)[C@@H]2C1. The van der Waals surface area contributed by atoms with Gasteiger partial charge in [0.15, 0.2) is 6.61 Å². The first kappa shape index (κ1) is 22.7. The lowest BCUT2D eigenvalue weighted by Gasteiger charge is -2.25. The van der Waals surface area contributed by atoms with E-state index in [2.05, 4.69) is 12.2 Å². The molecule has 2 aromatic carbocycles. The van der Waals surface area contributed by atoms with E-state index in [1.165, 1.54) is 17.0 Å². The van der Waals surface area contributed by atoms with Gasteiger partial charge in [-0.05, 0) is 55.9 Å². The summed E-state index contributed by atoms with van der Waals surface area (Å²) in [5.41, 5.74) is 1.49. The van der Waals surface area contributed by atoms with E-state index in [0.29, 0.717) is 24.4 Å². The largest absolute Gasteiger partial charge is 0.452 e. The summed E-state index contributed by atoms with van der Waals surface area (Å²) in [6, 6.07) is 15.5. The molecule has 1 saturated carbocycles. The number of hydrogen-bond acceptors (Lipinski definition) is 5. The highest BCUT2D eigenvalue weighted by Crippen LogP contribution is 2.42. The van der Waals surface area contributed by atoms with E-state index in [1.54, 1.807) is 12.1 Å². The Morgan fingerprint density at radius 1 is 1.03 bits per heavy atom. The van der Waals surface area contributed by atoms with Crippen molar-refractivity contribution in [1.82, 2.24) is 5.32 Å². The highest BCUT2D eigenvalue weighted by atomic mass is 16.5. The molecular weight excluding hydrogens is 420 g/mol. The van der Waals surface area contributed by atoms with Crippen molar-refractivity contribution in [1.29, 1.82) is 0 Å². The molecule has 2 fully saturated rings. The van der Waals surface area contributed by atoms with Crippen LogP contribution in [-0.4, -0.2) is 30.3 Å². The Labute approximate surface area is 193 Å². The van der Waals surface area contributed by atoms with Gasteiger partial charge in [0.05, 0.1) is 29.1 Å². The second kappa shape index (κ2) is 9.57. The molecule has 0 spiro atoms. The topological polar surface area (TPSA) is 92.8 Å². The van der Waals surface area contributed by atoms with Gasteiger partial charge >= 0.3 is 5.97 Å². The van der Waals surface area contributed by atoms with Crippen LogP contribution in [0.3, 0.4) is 0 Å². The zero-order chi connectivity index (χ0) is 23.5. The Morgan fingerprint density at radius 3 is 2.52 bits per heavy atom. The second-order valence-corrected chi connectivity index (χ2v) is 8.97. The van der Waals surface area contributed by atoms with Crippen LogP contribution in [0.5, 0.6) is 0 Å². The number of hydrogen-bond donors (Lipinski definition) is 1. The first-order chi connectivity index (χ1) is 15.8. The molecule has 33 heavy (non-hydrogen) atoms. The molecule has 1 saturated heterocycles. The van der Waals surface area contributed by atoms with Crippen LogP contribution < -0.4 is 10.2 Å². The van der Waals surface area contributed by atoms with Crippen molar-refractivity contribution in [3.63, 3.8) is 0 Å². The number of benzene rings is 2. The third-order valence-corrected chi connectivity index (χ3v) is 6.54. The van der Waals surface area contributed by atoms with Crippen LogP contribution in [0.2, 0.25) is 0 Å². The lowest BCUT2D eigenvalue weighted by atomic mass is 9.76.